The van der Waals surface area contributed by atoms with E-state index in [0.29, 0.717) is 17.6 Å². The molecule has 0 aliphatic carbocycles. The van der Waals surface area contributed by atoms with Crippen LogP contribution in [0.1, 0.15) is 13.3 Å². The quantitative estimate of drug-likeness (QED) is 0.875. The van der Waals surface area contributed by atoms with Crippen LogP contribution >= 0.6 is 11.6 Å². The van der Waals surface area contributed by atoms with Crippen LogP contribution in [0.2, 0.25) is 5.02 Å². The van der Waals surface area contributed by atoms with Gasteiger partial charge in [-0.25, -0.2) is 0 Å². The average Bonchev–Trinajstić information content (AvgIpc) is 2.38. The Hall–Kier alpha value is -2.08. The van der Waals surface area contributed by atoms with Crippen molar-refractivity contribution >= 4 is 29.2 Å². The van der Waals surface area contributed by atoms with Gasteiger partial charge in [-0.15, -0.1) is 0 Å². The molecular weight excluding hydrogens is 266 g/mol. The lowest BCUT2D eigenvalue weighted by Gasteiger charge is -2.07. The second kappa shape index (κ2) is 6.19. The molecule has 0 spiro atoms. The van der Waals surface area contributed by atoms with Gasteiger partial charge in [0.1, 0.15) is 0 Å². The molecule has 19 heavy (non-hydrogen) atoms. The molecule has 2 rings (SSSR count). The number of rotatable bonds is 5. The number of benzene rings is 1. The average molecular weight is 280 g/mol. The molecule has 2 aromatic rings. The lowest BCUT2D eigenvalue weighted by Crippen LogP contribution is -2.07. The zero-order chi connectivity index (χ0) is 13.7. The summed E-state index contributed by atoms with van der Waals surface area (Å²) in [6, 6.07) is 7.38. The molecule has 3 N–H and O–H groups in total. The zero-order valence-corrected chi connectivity index (χ0v) is 11.2. The molecule has 0 atom stereocenters. The third-order valence-electron chi connectivity index (χ3n) is 2.17. The third kappa shape index (κ3) is 3.96. The minimum atomic E-state index is 0.109. The van der Waals surface area contributed by atoms with Gasteiger partial charge in [0.15, 0.2) is 0 Å². The predicted octanol–water partition coefficient (Wildman–Crippen LogP) is 2.64. The van der Waals surface area contributed by atoms with Crippen LogP contribution < -0.4 is 15.8 Å². The molecule has 6 nitrogen and oxygen atoms in total. The lowest BCUT2D eigenvalue weighted by molar-refractivity contribution is 0.292. The Bertz CT molecular complexity index is 546. The van der Waals surface area contributed by atoms with Crippen molar-refractivity contribution in [2.45, 2.75) is 13.3 Å². The minimum Gasteiger partial charge on any atom is -0.463 e. The van der Waals surface area contributed by atoms with E-state index in [4.69, 9.17) is 22.1 Å². The molecule has 1 heterocycles. The highest BCUT2D eigenvalue weighted by Crippen LogP contribution is 2.18. The summed E-state index contributed by atoms with van der Waals surface area (Å²) in [5.41, 5.74) is 6.41. The summed E-state index contributed by atoms with van der Waals surface area (Å²) in [6.07, 6.45) is 0.867. The van der Waals surface area contributed by atoms with E-state index in [0.717, 1.165) is 12.1 Å². The Balaban J connectivity index is 2.15. The van der Waals surface area contributed by atoms with E-state index in [2.05, 4.69) is 20.3 Å². The first-order valence-corrected chi connectivity index (χ1v) is 6.22. The highest BCUT2D eigenvalue weighted by molar-refractivity contribution is 6.30. The minimum absolute atomic E-state index is 0.109. The van der Waals surface area contributed by atoms with Crippen LogP contribution in [0.3, 0.4) is 0 Å². The smallest absolute Gasteiger partial charge is 0.323 e. The fourth-order valence-corrected chi connectivity index (χ4v) is 1.47. The normalized spacial score (nSPS) is 10.2. The monoisotopic (exact) mass is 279 g/mol. The SMILES string of the molecule is CCCOc1nc(N)nc(Nc2ccc(Cl)cc2)n1. The van der Waals surface area contributed by atoms with Crippen LogP contribution in [0, 0.1) is 0 Å². The molecule has 0 amide bonds. The van der Waals surface area contributed by atoms with E-state index >= 15 is 0 Å². The highest BCUT2D eigenvalue weighted by Gasteiger charge is 2.05. The van der Waals surface area contributed by atoms with Crippen LogP contribution in [0.5, 0.6) is 6.01 Å². The second-order valence-electron chi connectivity index (χ2n) is 3.78. The molecule has 0 saturated heterocycles. The van der Waals surface area contributed by atoms with E-state index in [-0.39, 0.29) is 12.0 Å². The van der Waals surface area contributed by atoms with Gasteiger partial charge in [0.25, 0.3) is 0 Å². The molecule has 0 aliphatic rings. The first-order chi connectivity index (χ1) is 9.17. The van der Waals surface area contributed by atoms with Crippen molar-refractivity contribution in [2.24, 2.45) is 0 Å². The van der Waals surface area contributed by atoms with E-state index in [1.165, 1.54) is 0 Å². The van der Waals surface area contributed by atoms with Gasteiger partial charge >= 0.3 is 6.01 Å². The summed E-state index contributed by atoms with van der Waals surface area (Å²) < 4.78 is 5.33. The Kier molecular flexibility index (Phi) is 4.35. The van der Waals surface area contributed by atoms with E-state index in [1.54, 1.807) is 12.1 Å². The van der Waals surface area contributed by atoms with Crippen molar-refractivity contribution in [1.82, 2.24) is 15.0 Å². The third-order valence-corrected chi connectivity index (χ3v) is 2.42. The number of halogens is 1. The maximum atomic E-state index is 5.81. The molecule has 1 aromatic heterocycles. The topological polar surface area (TPSA) is 86.0 Å². The standard InChI is InChI=1S/C12H14ClN5O/c1-2-7-19-12-17-10(14)16-11(18-12)15-9-5-3-8(13)4-6-9/h3-6H,2,7H2,1H3,(H3,14,15,16,17,18). The van der Waals surface area contributed by atoms with Gasteiger partial charge in [-0.3, -0.25) is 0 Å². The van der Waals surface area contributed by atoms with Crippen molar-refractivity contribution < 1.29 is 4.74 Å². The van der Waals surface area contributed by atoms with Crippen molar-refractivity contribution in [2.75, 3.05) is 17.7 Å². The number of nitrogens with one attached hydrogen (secondary N) is 1. The van der Waals surface area contributed by atoms with Gasteiger partial charge in [0.2, 0.25) is 11.9 Å². The number of hydrogen-bond acceptors (Lipinski definition) is 6. The van der Waals surface area contributed by atoms with Crippen LogP contribution in [-0.2, 0) is 0 Å². The van der Waals surface area contributed by atoms with Crippen molar-refractivity contribution in [1.29, 1.82) is 0 Å². The van der Waals surface area contributed by atoms with E-state index in [1.807, 2.05) is 19.1 Å². The van der Waals surface area contributed by atoms with Gasteiger partial charge in [-0.1, -0.05) is 18.5 Å². The zero-order valence-electron chi connectivity index (χ0n) is 10.4. The Morgan fingerprint density at radius 1 is 1.21 bits per heavy atom. The Morgan fingerprint density at radius 3 is 2.63 bits per heavy atom. The molecule has 0 radical (unpaired) electrons. The number of nitrogen functional groups attached to an aromatic ring is 1. The van der Waals surface area contributed by atoms with Gasteiger partial charge in [-0.2, -0.15) is 15.0 Å². The Labute approximate surface area is 116 Å². The summed E-state index contributed by atoms with van der Waals surface area (Å²) in [4.78, 5) is 12.0. The fourth-order valence-electron chi connectivity index (χ4n) is 1.35. The van der Waals surface area contributed by atoms with Crippen molar-refractivity contribution in [3.05, 3.63) is 29.3 Å². The number of nitrogens with two attached hydrogens (primary N) is 1. The Morgan fingerprint density at radius 2 is 1.95 bits per heavy atom. The van der Waals surface area contributed by atoms with Crippen LogP contribution in [0.15, 0.2) is 24.3 Å². The molecule has 7 heteroatoms. The fraction of sp³-hybridized carbons (Fsp3) is 0.250. The van der Waals surface area contributed by atoms with E-state index < -0.39 is 0 Å². The summed E-state index contributed by atoms with van der Waals surface area (Å²) in [7, 11) is 0. The lowest BCUT2D eigenvalue weighted by atomic mass is 10.3. The number of nitrogens with zero attached hydrogens (tertiary/aromatic N) is 3. The maximum Gasteiger partial charge on any atom is 0.323 e. The molecule has 0 bridgehead atoms. The molecule has 0 saturated carbocycles. The van der Waals surface area contributed by atoms with Crippen molar-refractivity contribution in [3.8, 4) is 6.01 Å². The molecule has 100 valence electrons. The van der Waals surface area contributed by atoms with Gasteiger partial charge < -0.3 is 15.8 Å². The number of anilines is 3. The summed E-state index contributed by atoms with van der Waals surface area (Å²) in [6.45, 7) is 2.53. The first-order valence-electron chi connectivity index (χ1n) is 5.84. The summed E-state index contributed by atoms with van der Waals surface area (Å²) in [5, 5.41) is 3.67. The van der Waals surface area contributed by atoms with Crippen LogP contribution in [-0.4, -0.2) is 21.6 Å². The predicted molar refractivity (Wildman–Crippen MR) is 74.8 cm³/mol. The first kappa shape index (κ1) is 13.4. The van der Waals surface area contributed by atoms with Crippen LogP contribution in [0.25, 0.3) is 0 Å². The highest BCUT2D eigenvalue weighted by atomic mass is 35.5. The largest absolute Gasteiger partial charge is 0.463 e. The number of hydrogen-bond donors (Lipinski definition) is 2. The number of aromatic nitrogens is 3. The maximum absolute atomic E-state index is 5.81. The van der Waals surface area contributed by atoms with Gasteiger partial charge in [-0.05, 0) is 30.7 Å². The van der Waals surface area contributed by atoms with Crippen molar-refractivity contribution in [3.63, 3.8) is 0 Å². The summed E-state index contributed by atoms with van der Waals surface area (Å²) >= 11 is 5.81. The molecular formula is C12H14ClN5O. The van der Waals surface area contributed by atoms with Gasteiger partial charge in [0.05, 0.1) is 6.61 Å². The van der Waals surface area contributed by atoms with Gasteiger partial charge in [0, 0.05) is 10.7 Å². The molecule has 0 aliphatic heterocycles. The second-order valence-corrected chi connectivity index (χ2v) is 4.22. The van der Waals surface area contributed by atoms with Crippen LogP contribution in [0.4, 0.5) is 17.6 Å². The summed E-state index contributed by atoms with van der Waals surface area (Å²) in [5.74, 6) is 0.443. The molecule has 1 aromatic carbocycles. The van der Waals surface area contributed by atoms with E-state index in [9.17, 15) is 0 Å². The molecule has 0 unspecified atom stereocenters. The molecule has 0 fully saturated rings. The number of ether oxygens (including phenoxy) is 1.